The van der Waals surface area contributed by atoms with Crippen molar-refractivity contribution in [2.24, 2.45) is 0 Å². The van der Waals surface area contributed by atoms with Gasteiger partial charge in [-0.25, -0.2) is 0 Å². The Hall–Kier alpha value is -0.120. The van der Waals surface area contributed by atoms with Crippen LogP contribution in [0.5, 0.6) is 0 Å². The predicted molar refractivity (Wildman–Crippen MR) is 49.9 cm³/mol. The van der Waals surface area contributed by atoms with Gasteiger partial charge in [0, 0.05) is 32.2 Å². The normalized spacial score (nSPS) is 26.0. The minimum atomic E-state index is 0.275. The summed E-state index contributed by atoms with van der Waals surface area (Å²) < 4.78 is 0. The fourth-order valence-corrected chi connectivity index (χ4v) is 1.68. The van der Waals surface area contributed by atoms with E-state index in [2.05, 4.69) is 17.1 Å². The average Bonchev–Trinajstić information content (AvgIpc) is 2.06. The van der Waals surface area contributed by atoms with Crippen molar-refractivity contribution >= 4 is 0 Å². The largest absolute Gasteiger partial charge is 0.395 e. The van der Waals surface area contributed by atoms with Crippen molar-refractivity contribution in [2.45, 2.75) is 18.9 Å². The Morgan fingerprint density at radius 1 is 1.58 bits per heavy atom. The number of hydrogen-bond donors (Lipinski definition) is 2. The van der Waals surface area contributed by atoms with Crippen molar-refractivity contribution < 1.29 is 5.11 Å². The van der Waals surface area contributed by atoms with E-state index < -0.39 is 0 Å². The van der Waals surface area contributed by atoms with Crippen LogP contribution in [0.1, 0.15) is 12.8 Å². The molecule has 1 rings (SSSR count). The molecule has 1 unspecified atom stereocenters. The van der Waals surface area contributed by atoms with E-state index in [4.69, 9.17) is 5.11 Å². The molecule has 0 spiro atoms. The van der Waals surface area contributed by atoms with Gasteiger partial charge in [-0.1, -0.05) is 13.3 Å². The van der Waals surface area contributed by atoms with Crippen LogP contribution in [0.25, 0.3) is 0 Å². The van der Waals surface area contributed by atoms with Gasteiger partial charge >= 0.3 is 0 Å². The molecule has 1 aliphatic heterocycles. The van der Waals surface area contributed by atoms with Crippen LogP contribution in [0.4, 0.5) is 0 Å². The van der Waals surface area contributed by atoms with Crippen LogP contribution >= 0.6 is 0 Å². The fourth-order valence-electron chi connectivity index (χ4n) is 1.68. The first-order valence-electron chi connectivity index (χ1n) is 4.72. The van der Waals surface area contributed by atoms with Crippen molar-refractivity contribution in [2.75, 3.05) is 32.8 Å². The molecule has 1 atom stereocenters. The summed E-state index contributed by atoms with van der Waals surface area (Å²) in [7, 11) is 0. The third-order valence-electron chi connectivity index (χ3n) is 2.31. The molecule has 1 radical (unpaired) electrons. The highest BCUT2D eigenvalue weighted by molar-refractivity contribution is 4.78. The fraction of sp³-hybridized carbons (Fsp3) is 0.889. The molecule has 3 heteroatoms. The van der Waals surface area contributed by atoms with Gasteiger partial charge in [0.05, 0.1) is 6.61 Å². The Labute approximate surface area is 74.8 Å². The molecule has 0 aromatic rings. The maximum Gasteiger partial charge on any atom is 0.0558 e. The number of β-amino-alcohol motifs (C(OH)–C–C–N with tert-alkyl or cyclic N) is 1. The number of hydrogen-bond acceptors (Lipinski definition) is 3. The molecule has 0 aromatic heterocycles. The summed E-state index contributed by atoms with van der Waals surface area (Å²) in [5.41, 5.74) is 0. The highest BCUT2D eigenvalue weighted by Gasteiger charge is 2.17. The molecular formula is C9H19N2O. The molecule has 71 valence electrons. The van der Waals surface area contributed by atoms with Gasteiger partial charge in [-0.2, -0.15) is 0 Å². The van der Waals surface area contributed by atoms with Crippen molar-refractivity contribution in [1.29, 1.82) is 0 Å². The van der Waals surface area contributed by atoms with Crippen molar-refractivity contribution in [1.82, 2.24) is 10.2 Å². The maximum atomic E-state index is 8.76. The minimum absolute atomic E-state index is 0.275. The molecule has 0 amide bonds. The van der Waals surface area contributed by atoms with Crippen LogP contribution in [0, 0.1) is 6.92 Å². The zero-order chi connectivity index (χ0) is 8.81. The van der Waals surface area contributed by atoms with E-state index in [0.29, 0.717) is 6.04 Å². The summed E-state index contributed by atoms with van der Waals surface area (Å²) in [6.07, 6.45) is 2.13. The standard InChI is InChI=1S/C9H19N2O/c1-2-3-9-8-11(6-7-12)5-4-10-9/h9-10,12H,1-8H2. The molecule has 1 fully saturated rings. The Kier molecular flexibility index (Phi) is 4.58. The first kappa shape index (κ1) is 9.96. The van der Waals surface area contributed by atoms with E-state index >= 15 is 0 Å². The van der Waals surface area contributed by atoms with Crippen LogP contribution in [0.2, 0.25) is 0 Å². The zero-order valence-corrected chi connectivity index (χ0v) is 7.63. The third kappa shape index (κ3) is 3.09. The molecule has 0 aliphatic carbocycles. The highest BCUT2D eigenvalue weighted by atomic mass is 16.3. The first-order valence-corrected chi connectivity index (χ1v) is 4.72. The van der Waals surface area contributed by atoms with Crippen LogP contribution in [-0.2, 0) is 0 Å². The second-order valence-electron chi connectivity index (χ2n) is 3.32. The molecule has 12 heavy (non-hydrogen) atoms. The van der Waals surface area contributed by atoms with Gasteiger partial charge in [-0.3, -0.25) is 4.90 Å². The predicted octanol–water partition coefficient (Wildman–Crippen LogP) is -0.133. The van der Waals surface area contributed by atoms with Gasteiger partial charge in [0.2, 0.25) is 0 Å². The van der Waals surface area contributed by atoms with Gasteiger partial charge in [-0.05, 0) is 6.42 Å². The van der Waals surface area contributed by atoms with Crippen molar-refractivity contribution in [3.63, 3.8) is 0 Å². The van der Waals surface area contributed by atoms with Crippen LogP contribution in [0.3, 0.4) is 0 Å². The van der Waals surface area contributed by atoms with E-state index in [0.717, 1.165) is 39.0 Å². The third-order valence-corrected chi connectivity index (χ3v) is 2.31. The topological polar surface area (TPSA) is 35.5 Å². The Balaban J connectivity index is 2.20. The number of nitrogens with zero attached hydrogens (tertiary/aromatic N) is 1. The number of rotatable bonds is 4. The van der Waals surface area contributed by atoms with E-state index in [1.165, 1.54) is 0 Å². The van der Waals surface area contributed by atoms with Crippen molar-refractivity contribution in [3.05, 3.63) is 6.92 Å². The Morgan fingerprint density at radius 3 is 3.08 bits per heavy atom. The van der Waals surface area contributed by atoms with E-state index in [1.54, 1.807) is 0 Å². The smallest absolute Gasteiger partial charge is 0.0558 e. The van der Waals surface area contributed by atoms with Crippen molar-refractivity contribution in [3.8, 4) is 0 Å². The van der Waals surface area contributed by atoms with Crippen LogP contribution in [0.15, 0.2) is 0 Å². The minimum Gasteiger partial charge on any atom is -0.395 e. The summed E-state index contributed by atoms with van der Waals surface area (Å²) in [4.78, 5) is 2.30. The van der Waals surface area contributed by atoms with E-state index in [1.807, 2.05) is 0 Å². The van der Waals surface area contributed by atoms with Gasteiger partial charge in [0.25, 0.3) is 0 Å². The summed E-state index contributed by atoms with van der Waals surface area (Å²) in [5, 5.41) is 12.2. The summed E-state index contributed by atoms with van der Waals surface area (Å²) >= 11 is 0. The molecule has 2 N–H and O–H groups in total. The lowest BCUT2D eigenvalue weighted by Gasteiger charge is -2.33. The van der Waals surface area contributed by atoms with Gasteiger partial charge in [-0.15, -0.1) is 0 Å². The molecule has 3 nitrogen and oxygen atoms in total. The first-order chi connectivity index (χ1) is 5.86. The quantitative estimate of drug-likeness (QED) is 0.618. The lowest BCUT2D eigenvalue weighted by molar-refractivity contribution is 0.154. The SMILES string of the molecule is [CH2]CCC1CN(CCO)CCN1. The number of nitrogens with one attached hydrogen (secondary N) is 1. The van der Waals surface area contributed by atoms with E-state index in [-0.39, 0.29) is 6.61 Å². The second-order valence-corrected chi connectivity index (χ2v) is 3.32. The molecule has 1 heterocycles. The average molecular weight is 171 g/mol. The Bertz CT molecular complexity index is 103. The number of piperazine rings is 1. The second kappa shape index (κ2) is 5.51. The highest BCUT2D eigenvalue weighted by Crippen LogP contribution is 2.03. The maximum absolute atomic E-state index is 8.76. The monoisotopic (exact) mass is 171 g/mol. The number of aliphatic hydroxyl groups excluding tert-OH is 1. The van der Waals surface area contributed by atoms with Gasteiger partial charge < -0.3 is 10.4 Å². The zero-order valence-electron chi connectivity index (χ0n) is 7.63. The Morgan fingerprint density at radius 2 is 2.42 bits per heavy atom. The van der Waals surface area contributed by atoms with Crippen LogP contribution < -0.4 is 5.32 Å². The molecule has 0 saturated carbocycles. The molecular weight excluding hydrogens is 152 g/mol. The summed E-state index contributed by atoms with van der Waals surface area (Å²) in [6.45, 7) is 8.11. The van der Waals surface area contributed by atoms with Gasteiger partial charge in [0.15, 0.2) is 0 Å². The number of aliphatic hydroxyl groups is 1. The molecule has 1 aliphatic rings. The molecule has 0 bridgehead atoms. The molecule has 1 saturated heterocycles. The lowest BCUT2D eigenvalue weighted by atomic mass is 10.1. The van der Waals surface area contributed by atoms with Gasteiger partial charge in [0.1, 0.15) is 0 Å². The molecule has 0 aromatic carbocycles. The summed E-state index contributed by atoms with van der Waals surface area (Å²) in [6, 6.07) is 0.586. The summed E-state index contributed by atoms with van der Waals surface area (Å²) in [5.74, 6) is 0. The van der Waals surface area contributed by atoms with E-state index in [9.17, 15) is 0 Å². The lowest BCUT2D eigenvalue weighted by Crippen LogP contribution is -2.51. The van der Waals surface area contributed by atoms with Crippen LogP contribution in [-0.4, -0.2) is 48.8 Å².